The zero-order valence-corrected chi connectivity index (χ0v) is 25.3. The highest BCUT2D eigenvalue weighted by Crippen LogP contribution is 2.41. The van der Waals surface area contributed by atoms with Crippen LogP contribution in [0.4, 0.5) is 0 Å². The molecule has 0 aliphatic heterocycles. The molecule has 0 bridgehead atoms. The minimum atomic E-state index is 0.617. The molecule has 47 heavy (non-hydrogen) atoms. The van der Waals surface area contributed by atoms with Gasteiger partial charge in [-0.25, -0.2) is 15.0 Å². The van der Waals surface area contributed by atoms with E-state index in [9.17, 15) is 0 Å². The number of hydrogen-bond donors (Lipinski definition) is 0. The van der Waals surface area contributed by atoms with Crippen LogP contribution in [0.3, 0.4) is 0 Å². The van der Waals surface area contributed by atoms with E-state index in [-0.39, 0.29) is 0 Å². The largest absolute Gasteiger partial charge is 0.455 e. The molecule has 0 amide bonds. The maximum Gasteiger partial charge on any atom is 0.164 e. The van der Waals surface area contributed by atoms with E-state index in [1.807, 2.05) is 84.9 Å². The van der Waals surface area contributed by atoms with Crippen LogP contribution in [-0.2, 0) is 0 Å². The molecule has 0 aliphatic carbocycles. The van der Waals surface area contributed by atoms with Crippen LogP contribution in [0.25, 0.3) is 89.1 Å². The van der Waals surface area contributed by atoms with Gasteiger partial charge in [-0.15, -0.1) is 0 Å². The molecule has 2 heterocycles. The van der Waals surface area contributed by atoms with Gasteiger partial charge < -0.3 is 4.42 Å². The first-order chi connectivity index (χ1) is 23.3. The number of nitrogens with zero attached hydrogens (tertiary/aromatic N) is 3. The average Bonchev–Trinajstić information content (AvgIpc) is 3.54. The summed E-state index contributed by atoms with van der Waals surface area (Å²) in [5, 5.41) is 4.13. The zero-order valence-electron chi connectivity index (χ0n) is 25.3. The molecule has 4 nitrogen and oxygen atoms in total. The molecule has 9 aromatic rings. The van der Waals surface area contributed by atoms with Gasteiger partial charge in [0.1, 0.15) is 11.2 Å². The molecule has 0 aliphatic rings. The third kappa shape index (κ3) is 4.84. The number of para-hydroxylation sites is 1. The second-order valence-corrected chi connectivity index (χ2v) is 11.6. The smallest absolute Gasteiger partial charge is 0.164 e. The van der Waals surface area contributed by atoms with Crippen LogP contribution in [0.15, 0.2) is 168 Å². The lowest BCUT2D eigenvalue weighted by atomic mass is 9.94. The number of aromatic nitrogens is 3. The molecule has 0 saturated carbocycles. The molecule has 9 rings (SSSR count). The number of benzene rings is 7. The van der Waals surface area contributed by atoms with Gasteiger partial charge in [0.25, 0.3) is 0 Å². The van der Waals surface area contributed by atoms with Gasteiger partial charge in [0.2, 0.25) is 0 Å². The van der Waals surface area contributed by atoms with Crippen molar-refractivity contribution in [1.29, 1.82) is 0 Å². The Morgan fingerprint density at radius 1 is 0.319 bits per heavy atom. The van der Waals surface area contributed by atoms with Crippen LogP contribution in [0.1, 0.15) is 0 Å². The molecule has 0 unspecified atom stereocenters. The molecule has 4 heteroatoms. The molecular formula is C43H27N3O. The summed E-state index contributed by atoms with van der Waals surface area (Å²) in [6.45, 7) is 0. The average molecular weight is 602 g/mol. The predicted molar refractivity (Wildman–Crippen MR) is 192 cm³/mol. The quantitative estimate of drug-likeness (QED) is 0.197. The highest BCUT2D eigenvalue weighted by atomic mass is 16.3. The van der Waals surface area contributed by atoms with Crippen molar-refractivity contribution < 1.29 is 4.42 Å². The van der Waals surface area contributed by atoms with Crippen molar-refractivity contribution in [1.82, 2.24) is 15.0 Å². The minimum Gasteiger partial charge on any atom is -0.455 e. The van der Waals surface area contributed by atoms with Gasteiger partial charge in [-0.05, 0) is 51.9 Å². The Balaban J connectivity index is 1.30. The van der Waals surface area contributed by atoms with Crippen LogP contribution >= 0.6 is 0 Å². The van der Waals surface area contributed by atoms with E-state index in [0.717, 1.165) is 60.5 Å². The Labute approximate surface area is 271 Å². The van der Waals surface area contributed by atoms with Gasteiger partial charge >= 0.3 is 0 Å². The van der Waals surface area contributed by atoms with Crippen LogP contribution in [0, 0.1) is 0 Å². The van der Waals surface area contributed by atoms with E-state index in [2.05, 4.69) is 78.9 Å². The Kier molecular flexibility index (Phi) is 6.43. The molecule has 7 aromatic carbocycles. The topological polar surface area (TPSA) is 51.8 Å². The second-order valence-electron chi connectivity index (χ2n) is 11.6. The lowest BCUT2D eigenvalue weighted by Crippen LogP contribution is -2.00. The highest BCUT2D eigenvalue weighted by Gasteiger charge is 2.19. The standard InChI is InChI=1S/C43H27N3O/c1-4-12-28(13-5-1)29-20-22-30(23-21-29)33-24-25-35-36(26-33)38(27-37-34-18-10-11-19-39(34)47-40(35)37)43-45-41(31-14-6-2-7-15-31)44-42(46-43)32-16-8-3-9-17-32/h1-27H. The molecular weight excluding hydrogens is 574 g/mol. The molecule has 0 saturated heterocycles. The summed E-state index contributed by atoms with van der Waals surface area (Å²) >= 11 is 0. The number of furan rings is 1. The van der Waals surface area contributed by atoms with Gasteiger partial charge in [0.05, 0.1) is 0 Å². The predicted octanol–water partition coefficient (Wildman–Crippen LogP) is 11.3. The lowest BCUT2D eigenvalue weighted by Gasteiger charge is -2.12. The third-order valence-corrected chi connectivity index (χ3v) is 8.74. The van der Waals surface area contributed by atoms with Crippen molar-refractivity contribution in [2.45, 2.75) is 0 Å². The monoisotopic (exact) mass is 601 g/mol. The van der Waals surface area contributed by atoms with Crippen LogP contribution in [-0.4, -0.2) is 15.0 Å². The fourth-order valence-electron chi connectivity index (χ4n) is 6.38. The Hall–Kier alpha value is -6.39. The molecule has 0 fully saturated rings. The van der Waals surface area contributed by atoms with Crippen molar-refractivity contribution >= 4 is 32.7 Å². The molecule has 0 radical (unpaired) electrons. The van der Waals surface area contributed by atoms with Gasteiger partial charge in [-0.2, -0.15) is 0 Å². The van der Waals surface area contributed by atoms with Crippen molar-refractivity contribution in [3.05, 3.63) is 164 Å². The summed E-state index contributed by atoms with van der Waals surface area (Å²) in [4.78, 5) is 15.2. The summed E-state index contributed by atoms with van der Waals surface area (Å²) in [6.07, 6.45) is 0. The molecule has 0 atom stereocenters. The van der Waals surface area contributed by atoms with Crippen molar-refractivity contribution in [2.24, 2.45) is 0 Å². The Morgan fingerprint density at radius 3 is 1.45 bits per heavy atom. The molecule has 2 aromatic heterocycles. The number of fused-ring (bicyclic) bond motifs is 5. The first kappa shape index (κ1) is 27.0. The van der Waals surface area contributed by atoms with Crippen molar-refractivity contribution in [3.8, 4) is 56.4 Å². The second kappa shape index (κ2) is 11.2. The Morgan fingerprint density at radius 2 is 0.809 bits per heavy atom. The molecule has 0 N–H and O–H groups in total. The first-order valence-electron chi connectivity index (χ1n) is 15.7. The number of hydrogen-bond acceptors (Lipinski definition) is 4. The van der Waals surface area contributed by atoms with Gasteiger partial charge in [-0.1, -0.05) is 140 Å². The molecule has 220 valence electrons. The van der Waals surface area contributed by atoms with E-state index in [4.69, 9.17) is 19.4 Å². The lowest BCUT2D eigenvalue weighted by molar-refractivity contribution is 0.672. The van der Waals surface area contributed by atoms with Gasteiger partial charge in [-0.3, -0.25) is 0 Å². The van der Waals surface area contributed by atoms with E-state index in [0.29, 0.717) is 17.5 Å². The SMILES string of the molecule is c1ccc(-c2ccc(-c3ccc4c(c3)c(-c3nc(-c5ccccc5)nc(-c5ccccc5)n3)cc3c5ccccc5oc43)cc2)cc1. The summed E-state index contributed by atoms with van der Waals surface area (Å²) in [5.41, 5.74) is 9.14. The van der Waals surface area contributed by atoms with Crippen molar-refractivity contribution in [3.63, 3.8) is 0 Å². The van der Waals surface area contributed by atoms with Gasteiger partial charge in [0, 0.05) is 32.8 Å². The van der Waals surface area contributed by atoms with Crippen molar-refractivity contribution in [2.75, 3.05) is 0 Å². The first-order valence-corrected chi connectivity index (χ1v) is 15.7. The summed E-state index contributed by atoms with van der Waals surface area (Å²) in [6, 6.07) is 56.3. The van der Waals surface area contributed by atoms with E-state index < -0.39 is 0 Å². The van der Waals surface area contributed by atoms with E-state index >= 15 is 0 Å². The van der Waals surface area contributed by atoms with Gasteiger partial charge in [0.15, 0.2) is 17.5 Å². The Bertz CT molecular complexity index is 2480. The zero-order chi connectivity index (χ0) is 31.2. The molecule has 0 spiro atoms. The van der Waals surface area contributed by atoms with E-state index in [1.165, 1.54) is 11.1 Å². The minimum absolute atomic E-state index is 0.617. The highest BCUT2D eigenvalue weighted by molar-refractivity contribution is 6.19. The summed E-state index contributed by atoms with van der Waals surface area (Å²) < 4.78 is 6.50. The summed E-state index contributed by atoms with van der Waals surface area (Å²) in [7, 11) is 0. The fraction of sp³-hybridized carbons (Fsp3) is 0. The number of rotatable bonds is 5. The maximum absolute atomic E-state index is 6.50. The van der Waals surface area contributed by atoms with Crippen LogP contribution < -0.4 is 0 Å². The normalized spacial score (nSPS) is 11.4. The van der Waals surface area contributed by atoms with E-state index in [1.54, 1.807) is 0 Å². The fourth-order valence-corrected chi connectivity index (χ4v) is 6.38. The van der Waals surface area contributed by atoms with Crippen LogP contribution in [0.5, 0.6) is 0 Å². The third-order valence-electron chi connectivity index (χ3n) is 8.74. The maximum atomic E-state index is 6.50. The van der Waals surface area contributed by atoms with Crippen LogP contribution in [0.2, 0.25) is 0 Å². The summed E-state index contributed by atoms with van der Waals surface area (Å²) in [5.74, 6) is 1.88.